The quantitative estimate of drug-likeness (QED) is 0.590. The van der Waals surface area contributed by atoms with Gasteiger partial charge in [0, 0.05) is 36.8 Å². The highest BCUT2D eigenvalue weighted by Gasteiger charge is 2.39. The number of aliphatic carboxylic acids is 1. The van der Waals surface area contributed by atoms with E-state index in [4.69, 9.17) is 9.90 Å². The maximum atomic E-state index is 13.6. The van der Waals surface area contributed by atoms with Crippen molar-refractivity contribution in [3.63, 3.8) is 0 Å². The number of anilines is 2. The van der Waals surface area contributed by atoms with E-state index >= 15 is 0 Å². The SMILES string of the molecule is CC1CCCN1C1CCN(c2ccc(NC(=O)C3CC3)c(C(F)(F)F)c2)C1.O=C(O)C(F)(F)F. The molecule has 1 amide bonds. The maximum absolute atomic E-state index is 13.6. The Bertz CT molecular complexity index is 901. The van der Waals surface area contributed by atoms with Crippen LogP contribution in [0.3, 0.4) is 0 Å². The third-order valence-electron chi connectivity index (χ3n) is 6.36. The highest BCUT2D eigenvalue weighted by atomic mass is 19.4. The predicted octanol–water partition coefficient (Wildman–Crippen LogP) is 4.75. The van der Waals surface area contributed by atoms with Crippen LogP contribution < -0.4 is 10.2 Å². The maximum Gasteiger partial charge on any atom is 0.490 e. The van der Waals surface area contributed by atoms with Crippen LogP contribution in [0, 0.1) is 5.92 Å². The molecule has 0 radical (unpaired) electrons. The van der Waals surface area contributed by atoms with Crippen LogP contribution >= 0.6 is 0 Å². The van der Waals surface area contributed by atoms with Gasteiger partial charge in [0.1, 0.15) is 0 Å². The van der Waals surface area contributed by atoms with E-state index in [0.29, 0.717) is 17.8 Å². The Morgan fingerprint density at radius 1 is 1.03 bits per heavy atom. The molecule has 4 rings (SSSR count). The minimum Gasteiger partial charge on any atom is -0.475 e. The summed E-state index contributed by atoms with van der Waals surface area (Å²) in [6.45, 7) is 4.84. The molecule has 2 unspecified atom stereocenters. The molecule has 0 aromatic heterocycles. The lowest BCUT2D eigenvalue weighted by Crippen LogP contribution is -2.39. The van der Waals surface area contributed by atoms with Crippen molar-refractivity contribution in [2.24, 2.45) is 5.92 Å². The average molecular weight is 495 g/mol. The summed E-state index contributed by atoms with van der Waals surface area (Å²) in [7, 11) is 0. The topological polar surface area (TPSA) is 72.9 Å². The van der Waals surface area contributed by atoms with Crippen LogP contribution in [0.15, 0.2) is 18.2 Å². The lowest BCUT2D eigenvalue weighted by Gasteiger charge is -2.29. The van der Waals surface area contributed by atoms with Crippen molar-refractivity contribution in [3.05, 3.63) is 23.8 Å². The first-order valence-electron chi connectivity index (χ1n) is 11.1. The minimum atomic E-state index is -5.08. The number of amides is 1. The van der Waals surface area contributed by atoms with Gasteiger partial charge in [-0.25, -0.2) is 4.79 Å². The molecule has 3 fully saturated rings. The van der Waals surface area contributed by atoms with Gasteiger partial charge in [-0.2, -0.15) is 26.3 Å². The molecule has 12 heteroatoms. The second kappa shape index (κ2) is 10.0. The summed E-state index contributed by atoms with van der Waals surface area (Å²) in [6.07, 6.45) is -4.68. The number of alkyl halides is 6. The van der Waals surface area contributed by atoms with Gasteiger partial charge in [-0.15, -0.1) is 0 Å². The number of carboxylic acid groups (broad SMARTS) is 1. The predicted molar refractivity (Wildman–Crippen MR) is 113 cm³/mol. The van der Waals surface area contributed by atoms with Gasteiger partial charge in [0.15, 0.2) is 0 Å². The van der Waals surface area contributed by atoms with Gasteiger partial charge in [-0.05, 0) is 63.8 Å². The molecule has 2 saturated heterocycles. The number of nitrogens with one attached hydrogen (secondary N) is 1. The summed E-state index contributed by atoms with van der Waals surface area (Å²) in [5.74, 6) is -3.20. The van der Waals surface area contributed by atoms with Crippen molar-refractivity contribution in [3.8, 4) is 0 Å². The monoisotopic (exact) mass is 495 g/mol. The van der Waals surface area contributed by atoms with Crippen molar-refractivity contribution in [1.29, 1.82) is 0 Å². The highest BCUT2D eigenvalue weighted by molar-refractivity contribution is 5.95. The van der Waals surface area contributed by atoms with Gasteiger partial charge in [0.25, 0.3) is 0 Å². The van der Waals surface area contributed by atoms with Crippen molar-refractivity contribution >= 4 is 23.3 Å². The van der Waals surface area contributed by atoms with Gasteiger partial charge in [0.05, 0.1) is 11.3 Å². The van der Waals surface area contributed by atoms with E-state index in [0.717, 1.165) is 38.9 Å². The largest absolute Gasteiger partial charge is 0.490 e. The van der Waals surface area contributed by atoms with Gasteiger partial charge in [0.2, 0.25) is 5.91 Å². The van der Waals surface area contributed by atoms with Crippen molar-refractivity contribution in [2.75, 3.05) is 29.9 Å². The van der Waals surface area contributed by atoms with E-state index < -0.39 is 23.9 Å². The highest BCUT2D eigenvalue weighted by Crippen LogP contribution is 2.39. The summed E-state index contributed by atoms with van der Waals surface area (Å²) < 4.78 is 72.5. The Hall–Kier alpha value is -2.50. The number of benzene rings is 1. The molecule has 0 spiro atoms. The molecule has 1 aliphatic carbocycles. The number of nitrogens with zero attached hydrogens (tertiary/aromatic N) is 2. The van der Waals surface area contributed by atoms with Crippen LogP contribution in [0.2, 0.25) is 0 Å². The fourth-order valence-corrected chi connectivity index (χ4v) is 4.40. The number of carbonyl (C=O) groups is 2. The number of likely N-dealkylation sites (tertiary alicyclic amines) is 1. The molecule has 1 saturated carbocycles. The third-order valence-corrected chi connectivity index (χ3v) is 6.36. The normalized spacial score (nSPS) is 23.4. The zero-order valence-electron chi connectivity index (χ0n) is 18.5. The van der Waals surface area contributed by atoms with Crippen LogP contribution in [-0.4, -0.2) is 59.8 Å². The lowest BCUT2D eigenvalue weighted by molar-refractivity contribution is -0.192. The number of hydrogen-bond donors (Lipinski definition) is 2. The summed E-state index contributed by atoms with van der Waals surface area (Å²) >= 11 is 0. The lowest BCUT2D eigenvalue weighted by atomic mass is 10.1. The molecule has 1 aromatic carbocycles. The van der Waals surface area contributed by atoms with Crippen LogP contribution in [0.25, 0.3) is 0 Å². The first-order chi connectivity index (χ1) is 15.8. The Kier molecular flexibility index (Phi) is 7.69. The average Bonchev–Trinajstić information content (AvgIpc) is 3.33. The smallest absolute Gasteiger partial charge is 0.475 e. The molecule has 0 bridgehead atoms. The third kappa shape index (κ3) is 6.55. The first-order valence-corrected chi connectivity index (χ1v) is 11.1. The van der Waals surface area contributed by atoms with E-state index in [9.17, 15) is 31.1 Å². The molecule has 1 aromatic rings. The Morgan fingerprint density at radius 2 is 1.68 bits per heavy atom. The molecule has 190 valence electrons. The Labute approximate surface area is 192 Å². The molecular formula is C22H27F6N3O3. The van der Waals surface area contributed by atoms with Gasteiger partial charge in [-0.3, -0.25) is 9.69 Å². The zero-order chi connectivity index (χ0) is 25.3. The number of rotatable bonds is 4. The second-order valence-electron chi connectivity index (χ2n) is 8.91. The van der Waals surface area contributed by atoms with E-state index in [1.54, 1.807) is 6.07 Å². The van der Waals surface area contributed by atoms with E-state index in [-0.39, 0.29) is 17.5 Å². The van der Waals surface area contributed by atoms with E-state index in [2.05, 4.69) is 17.1 Å². The van der Waals surface area contributed by atoms with E-state index in [1.807, 2.05) is 4.90 Å². The van der Waals surface area contributed by atoms with Crippen LogP contribution in [-0.2, 0) is 15.8 Å². The van der Waals surface area contributed by atoms with Crippen LogP contribution in [0.5, 0.6) is 0 Å². The number of hydrogen-bond acceptors (Lipinski definition) is 4. The summed E-state index contributed by atoms with van der Waals surface area (Å²) in [6, 6.07) is 5.27. The number of halogens is 6. The molecule has 34 heavy (non-hydrogen) atoms. The molecule has 2 heterocycles. The first kappa shape index (κ1) is 26.1. The fraction of sp³-hybridized carbons (Fsp3) is 0.636. The fourth-order valence-electron chi connectivity index (χ4n) is 4.40. The number of carboxylic acids is 1. The van der Waals surface area contributed by atoms with Crippen molar-refractivity contribution < 1.29 is 41.0 Å². The van der Waals surface area contributed by atoms with Gasteiger partial charge in [-0.1, -0.05) is 0 Å². The van der Waals surface area contributed by atoms with E-state index in [1.165, 1.54) is 25.0 Å². The van der Waals surface area contributed by atoms with Crippen molar-refractivity contribution in [1.82, 2.24) is 4.90 Å². The molecule has 2 N–H and O–H groups in total. The molecular weight excluding hydrogens is 468 g/mol. The molecule has 2 aliphatic heterocycles. The Morgan fingerprint density at radius 3 is 2.18 bits per heavy atom. The standard InChI is InChI=1S/C20H26F3N3O.C2HF3O2/c1-13-3-2-9-26(13)16-8-10-25(12-16)15-6-7-18(17(11-15)20(21,22)23)24-19(27)14-4-5-14;3-2(4,5)1(6)7/h6-7,11,13-14,16H,2-5,8-10,12H2,1H3,(H,24,27);(H,6,7). The molecule has 3 aliphatic rings. The summed E-state index contributed by atoms with van der Waals surface area (Å²) in [4.78, 5) is 25.4. The number of carbonyl (C=O) groups excluding carboxylic acids is 1. The second-order valence-corrected chi connectivity index (χ2v) is 8.91. The van der Waals surface area contributed by atoms with Gasteiger partial charge >= 0.3 is 18.3 Å². The molecule has 2 atom stereocenters. The summed E-state index contributed by atoms with van der Waals surface area (Å²) in [5.41, 5.74) is -0.305. The summed E-state index contributed by atoms with van der Waals surface area (Å²) in [5, 5.41) is 9.60. The van der Waals surface area contributed by atoms with Crippen molar-refractivity contribution in [2.45, 2.75) is 63.5 Å². The molecule has 6 nitrogen and oxygen atoms in total. The van der Waals surface area contributed by atoms with Crippen LogP contribution in [0.1, 0.15) is 44.6 Å². The Balaban J connectivity index is 0.000000406. The zero-order valence-corrected chi connectivity index (χ0v) is 18.5. The van der Waals surface area contributed by atoms with Crippen LogP contribution in [0.4, 0.5) is 37.7 Å². The minimum absolute atomic E-state index is 0.132. The van der Waals surface area contributed by atoms with Gasteiger partial charge < -0.3 is 15.3 Å².